The summed E-state index contributed by atoms with van der Waals surface area (Å²) in [6.45, 7) is 4.37. The molecule has 1 fully saturated rings. The number of para-hydroxylation sites is 2. The average molecular weight is 477 g/mol. The lowest BCUT2D eigenvalue weighted by Crippen LogP contribution is -2.42. The molecule has 180 valence electrons. The van der Waals surface area contributed by atoms with E-state index >= 15 is 0 Å². The average Bonchev–Trinajstić information content (AvgIpc) is 2.84. The third-order valence-corrected chi connectivity index (χ3v) is 6.86. The molecular formula is C27H36N6S. The maximum atomic E-state index is 5.69. The highest BCUT2D eigenvalue weighted by Gasteiger charge is 2.23. The lowest BCUT2D eigenvalue weighted by atomic mass is 9.91. The summed E-state index contributed by atoms with van der Waals surface area (Å²) in [5.74, 6) is 1.65. The fraction of sp³-hybridized carbons (Fsp3) is 0.444. The highest BCUT2D eigenvalue weighted by atomic mass is 32.1. The van der Waals surface area contributed by atoms with Crippen molar-refractivity contribution >= 4 is 45.7 Å². The van der Waals surface area contributed by atoms with Gasteiger partial charge in [0.1, 0.15) is 5.82 Å². The number of hydrogen-bond donors (Lipinski definition) is 3. The minimum Gasteiger partial charge on any atom is -0.362 e. The Kier molecular flexibility index (Phi) is 7.83. The Morgan fingerprint density at radius 2 is 1.56 bits per heavy atom. The van der Waals surface area contributed by atoms with Crippen LogP contribution in [0.3, 0.4) is 0 Å². The van der Waals surface area contributed by atoms with Gasteiger partial charge in [-0.05, 0) is 74.0 Å². The maximum Gasteiger partial charge on any atom is 0.225 e. The van der Waals surface area contributed by atoms with Gasteiger partial charge >= 0.3 is 0 Å². The lowest BCUT2D eigenvalue weighted by molar-refractivity contribution is 0.387. The van der Waals surface area contributed by atoms with E-state index in [4.69, 9.17) is 22.2 Å². The van der Waals surface area contributed by atoms with Crippen molar-refractivity contribution in [2.75, 3.05) is 29.6 Å². The number of nitrogens with zero attached hydrogens (tertiary/aromatic N) is 3. The van der Waals surface area contributed by atoms with Crippen molar-refractivity contribution < 1.29 is 0 Å². The fourth-order valence-electron chi connectivity index (χ4n) is 4.77. The van der Waals surface area contributed by atoms with E-state index in [0.29, 0.717) is 18.0 Å². The molecule has 6 nitrogen and oxygen atoms in total. The minimum absolute atomic E-state index is 0.364. The summed E-state index contributed by atoms with van der Waals surface area (Å²) >= 11 is 5.69. The Morgan fingerprint density at radius 3 is 2.21 bits per heavy atom. The number of aryl methyl sites for hydroxylation is 2. The van der Waals surface area contributed by atoms with Crippen LogP contribution in [0, 0.1) is 0 Å². The molecule has 0 aliphatic heterocycles. The number of aromatic nitrogens is 2. The quantitative estimate of drug-likeness (QED) is 0.388. The molecule has 0 unspecified atom stereocenters. The first-order chi connectivity index (χ1) is 16.5. The van der Waals surface area contributed by atoms with Crippen LogP contribution in [0.4, 0.5) is 17.5 Å². The van der Waals surface area contributed by atoms with Gasteiger partial charge in [-0.25, -0.2) is 4.98 Å². The Hall–Kier alpha value is -2.93. The SMILES string of the molecule is CCc1cccc(CC)c1NC(=S)NC1CCC(Nc2nc(N(C)C)c3ccccc3n2)CC1. The summed E-state index contributed by atoms with van der Waals surface area (Å²) in [7, 11) is 4.05. The summed E-state index contributed by atoms with van der Waals surface area (Å²) in [6, 6.07) is 15.4. The zero-order chi connectivity index (χ0) is 24.1. The molecule has 3 N–H and O–H groups in total. The highest BCUT2D eigenvalue weighted by Crippen LogP contribution is 2.27. The van der Waals surface area contributed by atoms with Crippen LogP contribution in [0.25, 0.3) is 10.9 Å². The van der Waals surface area contributed by atoms with Crippen molar-refractivity contribution in [2.24, 2.45) is 0 Å². The molecule has 3 aromatic rings. The van der Waals surface area contributed by atoms with E-state index in [1.807, 2.05) is 37.2 Å². The van der Waals surface area contributed by atoms with Gasteiger partial charge in [-0.1, -0.05) is 44.2 Å². The largest absolute Gasteiger partial charge is 0.362 e. The highest BCUT2D eigenvalue weighted by molar-refractivity contribution is 7.80. The minimum atomic E-state index is 0.364. The molecule has 1 saturated carbocycles. The number of rotatable bonds is 7. The predicted octanol–water partition coefficient (Wildman–Crippen LogP) is 5.53. The smallest absolute Gasteiger partial charge is 0.225 e. The fourth-order valence-corrected chi connectivity index (χ4v) is 5.04. The lowest BCUT2D eigenvalue weighted by Gasteiger charge is -2.31. The van der Waals surface area contributed by atoms with E-state index in [9.17, 15) is 0 Å². The third-order valence-electron chi connectivity index (χ3n) is 6.64. The molecule has 0 atom stereocenters. The monoisotopic (exact) mass is 476 g/mol. The Bertz CT molecular complexity index is 1110. The van der Waals surface area contributed by atoms with Crippen molar-refractivity contribution in [1.29, 1.82) is 0 Å². The first kappa shape index (κ1) is 24.2. The van der Waals surface area contributed by atoms with Crippen LogP contribution >= 0.6 is 12.2 Å². The molecule has 0 bridgehead atoms. The molecular weight excluding hydrogens is 440 g/mol. The van der Waals surface area contributed by atoms with Gasteiger partial charge in [0.15, 0.2) is 5.11 Å². The second-order valence-corrected chi connectivity index (χ2v) is 9.64. The van der Waals surface area contributed by atoms with E-state index < -0.39 is 0 Å². The maximum absolute atomic E-state index is 5.69. The second-order valence-electron chi connectivity index (χ2n) is 9.23. The second kappa shape index (κ2) is 11.0. The number of benzene rings is 2. The van der Waals surface area contributed by atoms with Gasteiger partial charge in [-0.15, -0.1) is 0 Å². The Balaban J connectivity index is 1.34. The van der Waals surface area contributed by atoms with E-state index in [2.05, 4.69) is 54.1 Å². The summed E-state index contributed by atoms with van der Waals surface area (Å²) in [6.07, 6.45) is 6.20. The molecule has 1 heterocycles. The molecule has 0 saturated heterocycles. The van der Waals surface area contributed by atoms with Crippen molar-refractivity contribution in [3.63, 3.8) is 0 Å². The predicted molar refractivity (Wildman–Crippen MR) is 148 cm³/mol. The van der Waals surface area contributed by atoms with Crippen molar-refractivity contribution in [1.82, 2.24) is 15.3 Å². The van der Waals surface area contributed by atoms with Gasteiger partial charge in [-0.3, -0.25) is 0 Å². The van der Waals surface area contributed by atoms with Gasteiger partial charge in [0.05, 0.1) is 5.52 Å². The Labute approximate surface area is 208 Å². The van der Waals surface area contributed by atoms with E-state index in [1.54, 1.807) is 0 Å². The zero-order valence-corrected chi connectivity index (χ0v) is 21.5. The summed E-state index contributed by atoms with van der Waals surface area (Å²) in [5.41, 5.74) is 4.76. The van der Waals surface area contributed by atoms with Crippen LogP contribution in [0.15, 0.2) is 42.5 Å². The Morgan fingerprint density at radius 1 is 0.912 bits per heavy atom. The first-order valence-electron chi connectivity index (χ1n) is 12.4. The van der Waals surface area contributed by atoms with Crippen molar-refractivity contribution in [2.45, 2.75) is 64.5 Å². The van der Waals surface area contributed by atoms with E-state index in [1.165, 1.54) is 16.8 Å². The number of nitrogens with one attached hydrogen (secondary N) is 3. The van der Waals surface area contributed by atoms with Gasteiger partial charge < -0.3 is 20.9 Å². The number of fused-ring (bicyclic) bond motifs is 1. The van der Waals surface area contributed by atoms with Crippen molar-refractivity contribution in [3.8, 4) is 0 Å². The molecule has 7 heteroatoms. The van der Waals surface area contributed by atoms with Crippen LogP contribution in [0.1, 0.15) is 50.7 Å². The van der Waals surface area contributed by atoms with Gasteiger partial charge in [0.2, 0.25) is 5.95 Å². The third kappa shape index (κ3) is 5.58. The number of hydrogen-bond acceptors (Lipinski definition) is 5. The molecule has 0 spiro atoms. The molecule has 2 aromatic carbocycles. The molecule has 0 radical (unpaired) electrons. The molecule has 1 aromatic heterocycles. The van der Waals surface area contributed by atoms with Gasteiger partial charge in [0.25, 0.3) is 0 Å². The summed E-state index contributed by atoms with van der Waals surface area (Å²) in [4.78, 5) is 11.6. The first-order valence-corrected chi connectivity index (χ1v) is 12.8. The summed E-state index contributed by atoms with van der Waals surface area (Å²) in [5, 5.41) is 12.4. The van der Waals surface area contributed by atoms with Crippen LogP contribution in [-0.4, -0.2) is 41.3 Å². The van der Waals surface area contributed by atoms with Crippen LogP contribution < -0.4 is 20.9 Å². The number of anilines is 3. The zero-order valence-electron chi connectivity index (χ0n) is 20.7. The topological polar surface area (TPSA) is 65.1 Å². The molecule has 1 aliphatic carbocycles. The van der Waals surface area contributed by atoms with Gasteiger partial charge in [0, 0.05) is 37.3 Å². The normalized spacial score (nSPS) is 17.9. The molecule has 1 aliphatic rings. The van der Waals surface area contributed by atoms with E-state index in [0.717, 1.165) is 60.4 Å². The standard InChI is InChI=1S/C27H36N6S/c1-5-18-10-9-11-19(6-2)24(18)31-27(34)29-21-16-14-20(15-17-21)28-26-30-23-13-8-7-12-22(23)25(32-26)33(3)4/h7-13,20-21H,5-6,14-17H2,1-4H3,(H,28,30,32)(H2,29,31,34). The van der Waals surface area contributed by atoms with Crippen LogP contribution in [0.2, 0.25) is 0 Å². The van der Waals surface area contributed by atoms with Crippen molar-refractivity contribution in [3.05, 3.63) is 53.6 Å². The van der Waals surface area contributed by atoms with Crippen LogP contribution in [-0.2, 0) is 12.8 Å². The summed E-state index contributed by atoms with van der Waals surface area (Å²) < 4.78 is 0. The van der Waals surface area contributed by atoms with Gasteiger partial charge in [-0.2, -0.15) is 4.98 Å². The molecule has 0 amide bonds. The van der Waals surface area contributed by atoms with E-state index in [-0.39, 0.29) is 0 Å². The number of thiocarbonyl (C=S) groups is 1. The molecule has 34 heavy (non-hydrogen) atoms. The van der Waals surface area contributed by atoms with Crippen LogP contribution in [0.5, 0.6) is 0 Å². The molecule has 4 rings (SSSR count).